The Bertz CT molecular complexity index is 1780. The maximum Gasteiger partial charge on any atom is 0.410 e. The summed E-state index contributed by atoms with van der Waals surface area (Å²) in [6, 6.07) is 1.87. The van der Waals surface area contributed by atoms with Crippen molar-refractivity contribution in [3.63, 3.8) is 0 Å². The Hall–Kier alpha value is -4.61. The Balaban J connectivity index is 1.27. The molecular weight excluding hydrogens is 711 g/mol. The minimum Gasteiger partial charge on any atom is -0.450 e. The highest BCUT2D eigenvalue weighted by atomic mass is 32.2. The van der Waals surface area contributed by atoms with E-state index in [4.69, 9.17) is 9.47 Å². The number of fused-ring (bicyclic) bond motifs is 3. The van der Waals surface area contributed by atoms with Gasteiger partial charge in [-0.3, -0.25) is 24.0 Å². The molecule has 5 aliphatic rings. The molecule has 0 radical (unpaired) electrons. The number of cyclic esters (lactones) is 1. The second kappa shape index (κ2) is 14.4. The summed E-state index contributed by atoms with van der Waals surface area (Å²) in [5.74, 6) is -3.99. The van der Waals surface area contributed by atoms with Gasteiger partial charge in [0.1, 0.15) is 23.7 Å². The summed E-state index contributed by atoms with van der Waals surface area (Å²) in [5, 5.41) is 3.77. The SMILES string of the molecule is C=C[C@@H]1C[C@]1(NC(=O)[C@@H]1C[C@@H]2CN1C(=O)[C@H](CC(F)(F)F)NC(=O)OCCCC/C=C\c1cccc3c1CN(C3)C(=O)O2)C(=O)NS(=O)(=O)C1CC1. The van der Waals surface area contributed by atoms with Crippen molar-refractivity contribution in [1.29, 1.82) is 0 Å². The third kappa shape index (κ3) is 8.21. The maximum atomic E-state index is 14.0. The van der Waals surface area contributed by atoms with Crippen molar-refractivity contribution in [3.8, 4) is 0 Å². The fraction of sp³-hybridized carbons (Fsp3) is 0.559. The van der Waals surface area contributed by atoms with Gasteiger partial charge in [-0.05, 0) is 55.2 Å². The molecule has 6 rings (SSSR count). The number of carbonyl (C=O) groups is 5. The molecular formula is C34H40F3N5O9S. The smallest absolute Gasteiger partial charge is 0.410 e. The van der Waals surface area contributed by atoms with Crippen LogP contribution in [0, 0.1) is 5.92 Å². The average molecular weight is 752 g/mol. The number of alkyl carbamates (subject to hydrolysis) is 1. The number of benzene rings is 1. The number of sulfonamides is 1. The number of nitrogens with one attached hydrogen (secondary N) is 3. The number of hydrogen-bond acceptors (Lipinski definition) is 9. The van der Waals surface area contributed by atoms with E-state index >= 15 is 0 Å². The molecule has 5 amide bonds. The lowest BCUT2D eigenvalue weighted by molar-refractivity contribution is -0.155. The number of hydrogen-bond donors (Lipinski definition) is 3. The molecule has 282 valence electrons. The highest BCUT2D eigenvalue weighted by molar-refractivity contribution is 7.91. The third-order valence-electron chi connectivity index (χ3n) is 9.96. The maximum absolute atomic E-state index is 14.0. The number of amides is 5. The van der Waals surface area contributed by atoms with Gasteiger partial charge in [-0.2, -0.15) is 13.2 Å². The Morgan fingerprint density at radius 2 is 1.90 bits per heavy atom. The highest BCUT2D eigenvalue weighted by Gasteiger charge is 2.62. The number of halogens is 3. The van der Waals surface area contributed by atoms with E-state index in [1.165, 1.54) is 11.0 Å². The van der Waals surface area contributed by atoms with Crippen LogP contribution >= 0.6 is 0 Å². The molecule has 0 aromatic heterocycles. The molecule has 2 saturated carbocycles. The van der Waals surface area contributed by atoms with Crippen molar-refractivity contribution in [2.24, 2.45) is 5.92 Å². The summed E-state index contributed by atoms with van der Waals surface area (Å²) in [5.41, 5.74) is 0.958. The minimum atomic E-state index is -4.93. The molecule has 3 heterocycles. The van der Waals surface area contributed by atoms with E-state index in [1.807, 2.05) is 40.4 Å². The number of nitrogens with zero attached hydrogens (tertiary/aromatic N) is 2. The first-order valence-corrected chi connectivity index (χ1v) is 18.7. The van der Waals surface area contributed by atoms with Crippen LogP contribution in [0.2, 0.25) is 0 Å². The molecule has 52 heavy (non-hydrogen) atoms. The summed E-state index contributed by atoms with van der Waals surface area (Å²) in [6.07, 6.45) is -2.77. The zero-order chi connectivity index (χ0) is 37.4. The van der Waals surface area contributed by atoms with Crippen LogP contribution in [0.4, 0.5) is 22.8 Å². The van der Waals surface area contributed by atoms with Crippen molar-refractivity contribution < 1.29 is 55.0 Å². The summed E-state index contributed by atoms with van der Waals surface area (Å²) in [4.78, 5) is 69.4. The second-order valence-corrected chi connectivity index (χ2v) is 15.8. The van der Waals surface area contributed by atoms with E-state index in [2.05, 4.69) is 11.9 Å². The van der Waals surface area contributed by atoms with E-state index in [0.717, 1.165) is 21.6 Å². The summed E-state index contributed by atoms with van der Waals surface area (Å²) < 4.78 is 79.2. The fourth-order valence-electron chi connectivity index (χ4n) is 6.90. The molecule has 3 aliphatic heterocycles. The minimum absolute atomic E-state index is 0.0237. The van der Waals surface area contributed by atoms with Crippen LogP contribution in [0.3, 0.4) is 0 Å². The van der Waals surface area contributed by atoms with Crippen LogP contribution < -0.4 is 15.4 Å². The predicted octanol–water partition coefficient (Wildman–Crippen LogP) is 3.02. The first-order chi connectivity index (χ1) is 24.6. The Kier molecular flexibility index (Phi) is 10.3. The van der Waals surface area contributed by atoms with Gasteiger partial charge in [0.15, 0.2) is 0 Å². The number of ether oxygens (including phenoxy) is 2. The number of alkyl halides is 3. The normalized spacial score (nSPS) is 28.9. The molecule has 5 atom stereocenters. The Labute approximate surface area is 298 Å². The molecule has 0 spiro atoms. The van der Waals surface area contributed by atoms with E-state index < -0.39 is 94.0 Å². The summed E-state index contributed by atoms with van der Waals surface area (Å²) >= 11 is 0. The molecule has 1 saturated heterocycles. The van der Waals surface area contributed by atoms with Crippen molar-refractivity contribution in [3.05, 3.63) is 53.6 Å². The van der Waals surface area contributed by atoms with E-state index in [9.17, 15) is 45.6 Å². The van der Waals surface area contributed by atoms with Gasteiger partial charge in [-0.1, -0.05) is 36.4 Å². The van der Waals surface area contributed by atoms with Gasteiger partial charge in [-0.15, -0.1) is 6.58 Å². The van der Waals surface area contributed by atoms with Gasteiger partial charge in [0.2, 0.25) is 21.8 Å². The van der Waals surface area contributed by atoms with Gasteiger partial charge in [0.25, 0.3) is 5.91 Å². The van der Waals surface area contributed by atoms with Crippen LogP contribution in [0.15, 0.2) is 36.9 Å². The molecule has 18 heteroatoms. The number of rotatable bonds is 7. The van der Waals surface area contributed by atoms with Crippen molar-refractivity contribution >= 4 is 46.0 Å². The largest absolute Gasteiger partial charge is 0.450 e. The molecule has 0 unspecified atom stereocenters. The van der Waals surface area contributed by atoms with Crippen LogP contribution in [0.1, 0.15) is 68.1 Å². The quantitative estimate of drug-likeness (QED) is 0.353. The first kappa shape index (κ1) is 37.2. The third-order valence-corrected chi connectivity index (χ3v) is 11.8. The van der Waals surface area contributed by atoms with Gasteiger partial charge >= 0.3 is 18.4 Å². The molecule has 1 aromatic carbocycles. The van der Waals surface area contributed by atoms with E-state index in [-0.39, 0.29) is 32.5 Å². The topological polar surface area (TPSA) is 181 Å². The predicted molar refractivity (Wildman–Crippen MR) is 177 cm³/mol. The average Bonchev–Trinajstić information content (AvgIpc) is 3.96. The van der Waals surface area contributed by atoms with Crippen molar-refractivity contribution in [2.45, 2.75) is 99.6 Å². The Morgan fingerprint density at radius 3 is 2.60 bits per heavy atom. The monoisotopic (exact) mass is 751 g/mol. The number of carbonyl (C=O) groups excluding carboxylic acids is 5. The lowest BCUT2D eigenvalue weighted by Gasteiger charge is -2.30. The van der Waals surface area contributed by atoms with Gasteiger partial charge in [-0.25, -0.2) is 18.0 Å². The fourth-order valence-corrected chi connectivity index (χ4v) is 8.26. The molecule has 2 aliphatic carbocycles. The standard InChI is InChI=1S/C34H40F3N5O9S/c1-2-22-15-33(22,30(45)40-52(48,49)24-11-12-24)39-28(43)27-14-23-18-42(27)29(44)26(16-34(35,36)37)38-31(46)50-13-6-4-3-5-8-20-9-7-10-21-17-41(19-25(20)21)32(47)51-23/h2,5,7-10,22-24,26-27H,1,3-4,6,11-19H2,(H,38,46)(H,39,43)(H,40,45)/b8-5-/t22-,23-,26+,27+,33-/m1/s1. The molecule has 4 bridgehead atoms. The zero-order valence-electron chi connectivity index (χ0n) is 28.2. The zero-order valence-corrected chi connectivity index (χ0v) is 29.0. The van der Waals surface area contributed by atoms with Crippen LogP contribution in [-0.2, 0) is 47.0 Å². The summed E-state index contributed by atoms with van der Waals surface area (Å²) in [7, 11) is -4.01. The molecule has 3 fully saturated rings. The van der Waals surface area contributed by atoms with Crippen LogP contribution in [0.25, 0.3) is 6.08 Å². The van der Waals surface area contributed by atoms with Crippen LogP contribution in [0.5, 0.6) is 0 Å². The van der Waals surface area contributed by atoms with E-state index in [1.54, 1.807) is 0 Å². The van der Waals surface area contributed by atoms with Gasteiger partial charge < -0.3 is 25.0 Å². The molecule has 3 N–H and O–H groups in total. The molecule has 1 aromatic rings. The lowest BCUT2D eigenvalue weighted by Crippen LogP contribution is -2.58. The second-order valence-electron chi connectivity index (χ2n) is 13.8. The van der Waals surface area contributed by atoms with Gasteiger partial charge in [0.05, 0.1) is 31.4 Å². The van der Waals surface area contributed by atoms with Crippen molar-refractivity contribution in [2.75, 3.05) is 13.2 Å². The van der Waals surface area contributed by atoms with Crippen molar-refractivity contribution in [1.82, 2.24) is 25.2 Å². The summed E-state index contributed by atoms with van der Waals surface area (Å²) in [6.45, 7) is 3.44. The highest BCUT2D eigenvalue weighted by Crippen LogP contribution is 2.45. The van der Waals surface area contributed by atoms with E-state index in [0.29, 0.717) is 32.1 Å². The van der Waals surface area contributed by atoms with Gasteiger partial charge in [0, 0.05) is 18.9 Å². The van der Waals surface area contributed by atoms with Crippen LogP contribution in [-0.4, -0.2) is 96.4 Å². The molecule has 14 nitrogen and oxygen atoms in total. The number of allylic oxidation sites excluding steroid dienone is 1. The lowest BCUT2D eigenvalue weighted by atomic mass is 10.0. The Morgan fingerprint density at radius 1 is 1.13 bits per heavy atom. The first-order valence-electron chi connectivity index (χ1n) is 17.1.